The van der Waals surface area contributed by atoms with E-state index in [1.54, 1.807) is 4.68 Å². The van der Waals surface area contributed by atoms with Crippen LogP contribution < -0.4 is 10.6 Å². The van der Waals surface area contributed by atoms with Gasteiger partial charge in [-0.05, 0) is 37.5 Å². The molecule has 6 nitrogen and oxygen atoms in total. The number of nitrogens with one attached hydrogen (secondary N) is 2. The largest absolute Gasteiger partial charge is 0.325 e. The van der Waals surface area contributed by atoms with E-state index in [1.165, 1.54) is 0 Å². The van der Waals surface area contributed by atoms with Crippen LogP contribution in [0.1, 0.15) is 37.1 Å². The first-order chi connectivity index (χ1) is 11.0. The molecule has 2 aliphatic heterocycles. The summed E-state index contributed by atoms with van der Waals surface area (Å²) in [5.74, 6) is 0.0528. The minimum absolute atomic E-state index is 0.000159. The van der Waals surface area contributed by atoms with Crippen LogP contribution in [0.3, 0.4) is 0 Å². The molecule has 3 heterocycles. The highest BCUT2D eigenvalue weighted by atomic mass is 35.5. The Hall–Kier alpha value is -1.92. The van der Waals surface area contributed by atoms with Gasteiger partial charge in [0.25, 0.3) is 0 Å². The lowest BCUT2D eigenvalue weighted by Crippen LogP contribution is -2.50. The van der Waals surface area contributed by atoms with Crippen molar-refractivity contribution in [2.75, 3.05) is 5.32 Å². The van der Waals surface area contributed by atoms with Gasteiger partial charge in [0.05, 0.1) is 17.2 Å². The minimum atomic E-state index is -0.535. The number of amides is 1. The van der Waals surface area contributed by atoms with Crippen molar-refractivity contribution in [3.63, 3.8) is 0 Å². The van der Waals surface area contributed by atoms with Gasteiger partial charge in [-0.3, -0.25) is 9.48 Å². The highest BCUT2D eigenvalue weighted by Gasteiger charge is 2.51. The molecule has 0 aliphatic carbocycles. The summed E-state index contributed by atoms with van der Waals surface area (Å²) in [5, 5.41) is 15.4. The van der Waals surface area contributed by atoms with Gasteiger partial charge in [0.1, 0.15) is 0 Å². The lowest BCUT2D eigenvalue weighted by molar-refractivity contribution is -0.122. The fourth-order valence-electron chi connectivity index (χ4n) is 3.94. The SMILES string of the molecule is C[C@H]1C[C@@]2(C[C@@H](c3cn(C)nn3)N1)C(=O)Nc1cc(Cl)ccc12. The van der Waals surface area contributed by atoms with Crippen molar-refractivity contribution < 1.29 is 4.79 Å². The number of nitrogens with zero attached hydrogens (tertiary/aromatic N) is 3. The monoisotopic (exact) mass is 331 g/mol. The molecule has 2 aromatic rings. The molecule has 0 radical (unpaired) electrons. The van der Waals surface area contributed by atoms with Crippen LogP contribution in [-0.2, 0) is 17.3 Å². The third-order valence-electron chi connectivity index (χ3n) is 4.85. The number of anilines is 1. The molecular weight excluding hydrogens is 314 g/mol. The van der Waals surface area contributed by atoms with Gasteiger partial charge < -0.3 is 10.6 Å². The van der Waals surface area contributed by atoms with Crippen molar-refractivity contribution in [2.24, 2.45) is 7.05 Å². The number of hydrogen-bond acceptors (Lipinski definition) is 4. The average Bonchev–Trinajstić information content (AvgIpc) is 3.02. The summed E-state index contributed by atoms with van der Waals surface area (Å²) in [4.78, 5) is 12.8. The molecule has 2 aliphatic rings. The number of carbonyl (C=O) groups excluding carboxylic acids is 1. The second-order valence-electron chi connectivity index (χ2n) is 6.57. The first-order valence-electron chi connectivity index (χ1n) is 7.72. The average molecular weight is 332 g/mol. The van der Waals surface area contributed by atoms with E-state index in [-0.39, 0.29) is 18.0 Å². The molecular formula is C16H18ClN5O. The third kappa shape index (κ3) is 2.24. The molecule has 1 spiro atoms. The van der Waals surface area contributed by atoms with Crippen molar-refractivity contribution >= 4 is 23.2 Å². The molecule has 4 rings (SSSR count). The predicted octanol–water partition coefficient (Wildman–Crippen LogP) is 2.17. The number of benzene rings is 1. The molecule has 0 bridgehead atoms. The second-order valence-corrected chi connectivity index (χ2v) is 7.01. The first kappa shape index (κ1) is 14.7. The van der Waals surface area contributed by atoms with Gasteiger partial charge in [0.2, 0.25) is 5.91 Å². The van der Waals surface area contributed by atoms with Gasteiger partial charge >= 0.3 is 0 Å². The van der Waals surface area contributed by atoms with Gasteiger partial charge in [-0.1, -0.05) is 22.9 Å². The first-order valence-corrected chi connectivity index (χ1v) is 8.09. The maximum atomic E-state index is 12.8. The number of rotatable bonds is 1. The summed E-state index contributed by atoms with van der Waals surface area (Å²) in [6.45, 7) is 2.10. The van der Waals surface area contributed by atoms with Crippen LogP contribution in [0.25, 0.3) is 0 Å². The van der Waals surface area contributed by atoms with Crippen LogP contribution in [-0.4, -0.2) is 26.9 Å². The molecule has 1 saturated heterocycles. The molecule has 120 valence electrons. The molecule has 2 N–H and O–H groups in total. The summed E-state index contributed by atoms with van der Waals surface area (Å²) in [7, 11) is 1.85. The number of piperidine rings is 1. The summed E-state index contributed by atoms with van der Waals surface area (Å²) in [6, 6.07) is 5.85. The van der Waals surface area contributed by atoms with Gasteiger partial charge in [0.15, 0.2) is 0 Å². The Morgan fingerprint density at radius 3 is 2.96 bits per heavy atom. The maximum Gasteiger partial charge on any atom is 0.235 e. The number of hydrogen-bond donors (Lipinski definition) is 2. The number of aryl methyl sites for hydroxylation is 1. The van der Waals surface area contributed by atoms with Gasteiger partial charge in [-0.2, -0.15) is 0 Å². The van der Waals surface area contributed by atoms with Crippen LogP contribution in [0.5, 0.6) is 0 Å². The lowest BCUT2D eigenvalue weighted by Gasteiger charge is -2.40. The summed E-state index contributed by atoms with van der Waals surface area (Å²) in [5.41, 5.74) is 2.20. The van der Waals surface area contributed by atoms with Crippen molar-refractivity contribution in [1.82, 2.24) is 20.3 Å². The molecule has 1 fully saturated rings. The zero-order valence-corrected chi connectivity index (χ0v) is 13.8. The third-order valence-corrected chi connectivity index (χ3v) is 5.09. The van der Waals surface area contributed by atoms with E-state index in [0.29, 0.717) is 11.4 Å². The van der Waals surface area contributed by atoms with Gasteiger partial charge in [0, 0.05) is 30.0 Å². The number of fused-ring (bicyclic) bond motifs is 2. The van der Waals surface area contributed by atoms with Gasteiger partial charge in [-0.25, -0.2) is 0 Å². The zero-order valence-electron chi connectivity index (χ0n) is 13.0. The molecule has 23 heavy (non-hydrogen) atoms. The molecule has 7 heteroatoms. The molecule has 3 atom stereocenters. The number of halogens is 1. The summed E-state index contributed by atoms with van der Waals surface area (Å²) in [6.07, 6.45) is 3.32. The van der Waals surface area contributed by atoms with Crippen LogP contribution in [0.15, 0.2) is 24.4 Å². The van der Waals surface area contributed by atoms with E-state index in [1.807, 2.05) is 31.4 Å². The quantitative estimate of drug-likeness (QED) is 0.840. The fraction of sp³-hybridized carbons (Fsp3) is 0.438. The van der Waals surface area contributed by atoms with E-state index in [4.69, 9.17) is 11.6 Å². The summed E-state index contributed by atoms with van der Waals surface area (Å²) < 4.78 is 1.69. The summed E-state index contributed by atoms with van der Waals surface area (Å²) >= 11 is 6.07. The molecule has 1 aromatic carbocycles. The Morgan fingerprint density at radius 2 is 2.22 bits per heavy atom. The van der Waals surface area contributed by atoms with E-state index >= 15 is 0 Å². The van der Waals surface area contributed by atoms with Gasteiger partial charge in [-0.15, -0.1) is 5.10 Å². The Bertz CT molecular complexity index is 789. The van der Waals surface area contributed by atoms with Crippen molar-refractivity contribution in [2.45, 2.75) is 37.3 Å². The van der Waals surface area contributed by atoms with Crippen LogP contribution in [0.4, 0.5) is 5.69 Å². The standard InChI is InChI=1S/C16H18ClN5O/c1-9-6-16(7-13(18-9)14-8-22(2)21-20-14)11-4-3-10(17)5-12(11)19-15(16)23/h3-5,8-9,13,18H,6-7H2,1-2H3,(H,19,23)/t9-,13-,16-/m0/s1. The molecule has 0 unspecified atom stereocenters. The smallest absolute Gasteiger partial charge is 0.235 e. The minimum Gasteiger partial charge on any atom is -0.325 e. The maximum absolute atomic E-state index is 12.8. The Morgan fingerprint density at radius 1 is 1.39 bits per heavy atom. The Labute approximate surface area is 139 Å². The number of aromatic nitrogens is 3. The van der Waals surface area contributed by atoms with Crippen LogP contribution in [0, 0.1) is 0 Å². The van der Waals surface area contributed by atoms with Crippen LogP contribution in [0.2, 0.25) is 5.02 Å². The second kappa shape index (κ2) is 5.04. The lowest BCUT2D eigenvalue weighted by atomic mass is 9.69. The molecule has 1 aromatic heterocycles. The Kier molecular flexibility index (Phi) is 3.21. The number of carbonyl (C=O) groups is 1. The predicted molar refractivity (Wildman–Crippen MR) is 87.3 cm³/mol. The molecule has 0 saturated carbocycles. The highest BCUT2D eigenvalue weighted by Crippen LogP contribution is 2.49. The normalized spacial score (nSPS) is 29.6. The van der Waals surface area contributed by atoms with E-state index in [0.717, 1.165) is 23.4 Å². The molecule has 1 amide bonds. The topological polar surface area (TPSA) is 71.8 Å². The zero-order chi connectivity index (χ0) is 16.2. The van der Waals surface area contributed by atoms with Crippen LogP contribution >= 0.6 is 11.6 Å². The van der Waals surface area contributed by atoms with E-state index in [2.05, 4.69) is 27.9 Å². The van der Waals surface area contributed by atoms with E-state index in [9.17, 15) is 4.79 Å². The van der Waals surface area contributed by atoms with Crippen molar-refractivity contribution in [1.29, 1.82) is 0 Å². The van der Waals surface area contributed by atoms with E-state index < -0.39 is 5.41 Å². The fourth-order valence-corrected chi connectivity index (χ4v) is 4.11. The van der Waals surface area contributed by atoms with Crippen molar-refractivity contribution in [3.8, 4) is 0 Å². The van der Waals surface area contributed by atoms with Crippen molar-refractivity contribution in [3.05, 3.63) is 40.7 Å². The Balaban J connectivity index is 1.77. The highest BCUT2D eigenvalue weighted by molar-refractivity contribution is 6.31.